The van der Waals surface area contributed by atoms with Gasteiger partial charge in [0.25, 0.3) is 0 Å². The van der Waals surface area contributed by atoms with Crippen molar-refractivity contribution in [1.29, 1.82) is 0 Å². The third-order valence-electron chi connectivity index (χ3n) is 3.14. The Kier molecular flexibility index (Phi) is 5.10. The first-order chi connectivity index (χ1) is 10.4. The zero-order valence-electron chi connectivity index (χ0n) is 11.7. The highest BCUT2D eigenvalue weighted by molar-refractivity contribution is 7.89. The van der Waals surface area contributed by atoms with Crippen LogP contribution in [0, 0.1) is 11.6 Å². The van der Waals surface area contributed by atoms with Gasteiger partial charge in [-0.3, -0.25) is 0 Å². The summed E-state index contributed by atoms with van der Waals surface area (Å²) in [6.45, 7) is 0.619. The predicted octanol–water partition coefficient (Wildman–Crippen LogP) is 2.66. The molecule has 0 radical (unpaired) electrons. The van der Waals surface area contributed by atoms with Gasteiger partial charge >= 0.3 is 0 Å². The molecule has 0 aliphatic carbocycles. The Morgan fingerprint density at radius 3 is 2.27 bits per heavy atom. The Morgan fingerprint density at radius 2 is 1.68 bits per heavy atom. The minimum Gasteiger partial charge on any atom is -0.385 e. The van der Waals surface area contributed by atoms with Crippen LogP contribution in [-0.4, -0.2) is 15.0 Å². The molecule has 0 spiro atoms. The van der Waals surface area contributed by atoms with Crippen LogP contribution >= 0.6 is 0 Å². The van der Waals surface area contributed by atoms with Crippen LogP contribution in [0.2, 0.25) is 0 Å². The zero-order chi connectivity index (χ0) is 16.2. The molecule has 0 saturated heterocycles. The van der Waals surface area contributed by atoms with Crippen LogP contribution in [0.3, 0.4) is 0 Å². The summed E-state index contributed by atoms with van der Waals surface area (Å²) < 4.78 is 48.0. The van der Waals surface area contributed by atoms with Crippen LogP contribution in [0.5, 0.6) is 0 Å². The molecule has 7 heteroatoms. The smallest absolute Gasteiger partial charge is 0.238 e. The second kappa shape index (κ2) is 6.85. The highest BCUT2D eigenvalue weighted by Crippen LogP contribution is 2.14. The van der Waals surface area contributed by atoms with Crippen molar-refractivity contribution in [3.05, 3.63) is 59.7 Å². The monoisotopic (exact) mass is 326 g/mol. The molecule has 2 aromatic rings. The fourth-order valence-corrected chi connectivity index (χ4v) is 2.50. The average molecular weight is 326 g/mol. The van der Waals surface area contributed by atoms with Gasteiger partial charge in [0, 0.05) is 12.2 Å². The maximum absolute atomic E-state index is 13.0. The first-order valence-corrected chi connectivity index (χ1v) is 8.21. The molecule has 0 unspecified atom stereocenters. The Labute approximate surface area is 128 Å². The average Bonchev–Trinajstić information content (AvgIpc) is 2.47. The zero-order valence-corrected chi connectivity index (χ0v) is 12.5. The minimum absolute atomic E-state index is 0.0554. The summed E-state index contributed by atoms with van der Waals surface area (Å²) >= 11 is 0. The first-order valence-electron chi connectivity index (χ1n) is 6.67. The van der Waals surface area contributed by atoms with Gasteiger partial charge in [-0.1, -0.05) is 6.07 Å². The summed E-state index contributed by atoms with van der Waals surface area (Å²) in [6.07, 6.45) is 1.33. The number of rotatable bonds is 6. The van der Waals surface area contributed by atoms with Gasteiger partial charge in [0.1, 0.15) is 0 Å². The van der Waals surface area contributed by atoms with E-state index in [1.807, 2.05) is 0 Å². The van der Waals surface area contributed by atoms with Crippen molar-refractivity contribution in [2.75, 3.05) is 11.9 Å². The summed E-state index contributed by atoms with van der Waals surface area (Å²) in [6, 6.07) is 9.95. The van der Waals surface area contributed by atoms with Crippen LogP contribution in [0.4, 0.5) is 14.5 Å². The quantitative estimate of drug-likeness (QED) is 0.802. The standard InChI is InChI=1S/C15H16F2N2O2S/c16-14-8-3-11(10-15(14)17)2-1-9-19-12-4-6-13(7-5-12)22(18,20)21/h3-8,10,19H,1-2,9H2,(H2,18,20,21). The van der Waals surface area contributed by atoms with E-state index < -0.39 is 21.7 Å². The SMILES string of the molecule is NS(=O)(=O)c1ccc(NCCCc2ccc(F)c(F)c2)cc1. The van der Waals surface area contributed by atoms with E-state index in [1.54, 1.807) is 18.2 Å². The lowest BCUT2D eigenvalue weighted by atomic mass is 10.1. The molecule has 0 saturated carbocycles. The predicted molar refractivity (Wildman–Crippen MR) is 81.0 cm³/mol. The molecule has 0 aliphatic heterocycles. The van der Waals surface area contributed by atoms with Gasteiger partial charge in [0.2, 0.25) is 10.0 Å². The highest BCUT2D eigenvalue weighted by Gasteiger charge is 2.06. The Balaban J connectivity index is 1.82. The lowest BCUT2D eigenvalue weighted by Gasteiger charge is -2.07. The van der Waals surface area contributed by atoms with Crippen molar-refractivity contribution in [1.82, 2.24) is 0 Å². The number of benzene rings is 2. The van der Waals surface area contributed by atoms with Gasteiger partial charge in [-0.2, -0.15) is 0 Å². The van der Waals surface area contributed by atoms with Crippen LogP contribution in [-0.2, 0) is 16.4 Å². The number of sulfonamides is 1. The second-order valence-electron chi connectivity index (χ2n) is 4.85. The van der Waals surface area contributed by atoms with Gasteiger partial charge in [-0.25, -0.2) is 22.3 Å². The number of nitrogens with one attached hydrogen (secondary N) is 1. The molecule has 118 valence electrons. The first kappa shape index (κ1) is 16.4. The molecule has 3 N–H and O–H groups in total. The molecule has 4 nitrogen and oxygen atoms in total. The molecular weight excluding hydrogens is 310 g/mol. The number of halogens is 2. The number of anilines is 1. The van der Waals surface area contributed by atoms with Crippen molar-refractivity contribution < 1.29 is 17.2 Å². The highest BCUT2D eigenvalue weighted by atomic mass is 32.2. The molecular formula is C15H16F2N2O2S. The van der Waals surface area contributed by atoms with Crippen molar-refractivity contribution in [2.24, 2.45) is 5.14 Å². The van der Waals surface area contributed by atoms with Crippen molar-refractivity contribution in [3.63, 3.8) is 0 Å². The normalized spacial score (nSPS) is 11.4. The molecule has 0 aliphatic rings. The van der Waals surface area contributed by atoms with E-state index in [4.69, 9.17) is 5.14 Å². The number of hydrogen-bond donors (Lipinski definition) is 2. The van der Waals surface area contributed by atoms with E-state index >= 15 is 0 Å². The number of primary sulfonamides is 1. The number of nitrogens with two attached hydrogens (primary N) is 1. The Bertz CT molecular complexity index is 747. The molecule has 2 aromatic carbocycles. The van der Waals surface area contributed by atoms with Gasteiger partial charge in [-0.05, 0) is 54.8 Å². The fraction of sp³-hybridized carbons (Fsp3) is 0.200. The summed E-state index contributed by atoms with van der Waals surface area (Å²) in [4.78, 5) is 0.0554. The molecule has 0 bridgehead atoms. The summed E-state index contributed by atoms with van der Waals surface area (Å²) in [5, 5.41) is 8.13. The molecule has 0 heterocycles. The van der Waals surface area contributed by atoms with Crippen LogP contribution < -0.4 is 10.5 Å². The van der Waals surface area contributed by atoms with Crippen LogP contribution in [0.25, 0.3) is 0 Å². The van der Waals surface area contributed by atoms with E-state index in [9.17, 15) is 17.2 Å². The molecule has 2 rings (SSSR count). The minimum atomic E-state index is -3.68. The third kappa shape index (κ3) is 4.51. The summed E-state index contributed by atoms with van der Waals surface area (Å²) in [5.41, 5.74) is 1.49. The van der Waals surface area contributed by atoms with E-state index in [2.05, 4.69) is 5.32 Å². The summed E-state index contributed by atoms with van der Waals surface area (Å²) in [5.74, 6) is -1.69. The van der Waals surface area contributed by atoms with Crippen LogP contribution in [0.1, 0.15) is 12.0 Å². The van der Waals surface area contributed by atoms with Crippen LogP contribution in [0.15, 0.2) is 47.4 Å². The van der Waals surface area contributed by atoms with E-state index in [0.29, 0.717) is 13.0 Å². The number of hydrogen-bond acceptors (Lipinski definition) is 3. The second-order valence-corrected chi connectivity index (χ2v) is 6.41. The van der Waals surface area contributed by atoms with Gasteiger partial charge < -0.3 is 5.32 Å². The van der Waals surface area contributed by atoms with Crippen molar-refractivity contribution in [3.8, 4) is 0 Å². The molecule has 22 heavy (non-hydrogen) atoms. The van der Waals surface area contributed by atoms with E-state index in [0.717, 1.165) is 23.7 Å². The van der Waals surface area contributed by atoms with Gasteiger partial charge in [-0.15, -0.1) is 0 Å². The lowest BCUT2D eigenvalue weighted by molar-refractivity contribution is 0.507. The summed E-state index contributed by atoms with van der Waals surface area (Å²) in [7, 11) is -3.68. The number of aryl methyl sites for hydroxylation is 1. The van der Waals surface area contributed by atoms with Crippen molar-refractivity contribution in [2.45, 2.75) is 17.7 Å². The van der Waals surface area contributed by atoms with Gasteiger partial charge in [0.05, 0.1) is 4.90 Å². The van der Waals surface area contributed by atoms with E-state index in [1.165, 1.54) is 18.2 Å². The maximum Gasteiger partial charge on any atom is 0.238 e. The largest absolute Gasteiger partial charge is 0.385 e. The molecule has 0 atom stereocenters. The molecule has 0 fully saturated rings. The molecule has 0 amide bonds. The third-order valence-corrected chi connectivity index (χ3v) is 4.07. The van der Waals surface area contributed by atoms with Crippen molar-refractivity contribution >= 4 is 15.7 Å². The lowest BCUT2D eigenvalue weighted by Crippen LogP contribution is -2.12. The fourth-order valence-electron chi connectivity index (χ4n) is 1.98. The van der Waals surface area contributed by atoms with Gasteiger partial charge in [0.15, 0.2) is 11.6 Å². The maximum atomic E-state index is 13.0. The topological polar surface area (TPSA) is 72.2 Å². The Morgan fingerprint density at radius 1 is 1.00 bits per heavy atom. The Hall–Kier alpha value is -1.99. The van der Waals surface area contributed by atoms with E-state index in [-0.39, 0.29) is 4.90 Å². The molecule has 0 aromatic heterocycles.